The van der Waals surface area contributed by atoms with Crippen LogP contribution in [0.3, 0.4) is 0 Å². The van der Waals surface area contributed by atoms with E-state index in [1.165, 1.54) is 0 Å². The van der Waals surface area contributed by atoms with Gasteiger partial charge in [-0.3, -0.25) is 10.1 Å². The van der Waals surface area contributed by atoms with Gasteiger partial charge in [0.15, 0.2) is 0 Å². The maximum Gasteiger partial charge on any atom is 0.293 e. The quantitative estimate of drug-likeness (QED) is 0.632. The van der Waals surface area contributed by atoms with Gasteiger partial charge < -0.3 is 9.80 Å². The van der Waals surface area contributed by atoms with Crippen LogP contribution >= 0.6 is 15.9 Å². The Balaban J connectivity index is 2.32. The van der Waals surface area contributed by atoms with Gasteiger partial charge in [0.1, 0.15) is 5.69 Å². The van der Waals surface area contributed by atoms with E-state index in [4.69, 9.17) is 0 Å². The molecule has 0 aliphatic carbocycles. The van der Waals surface area contributed by atoms with Crippen molar-refractivity contribution in [2.75, 3.05) is 37.6 Å². The van der Waals surface area contributed by atoms with Gasteiger partial charge in [0.05, 0.1) is 4.92 Å². The Morgan fingerprint density at radius 3 is 2.47 bits per heavy atom. The Hall–Kier alpha value is -1.14. The van der Waals surface area contributed by atoms with Gasteiger partial charge in [-0.2, -0.15) is 0 Å². The van der Waals surface area contributed by atoms with Crippen molar-refractivity contribution in [2.24, 2.45) is 0 Å². The first-order valence-corrected chi connectivity index (χ1v) is 7.24. The SMILES string of the molecule is CCN1CCN(c2c(Br)cc(C)cc2[N+](=O)[O-])CC1. The molecule has 1 aliphatic heterocycles. The summed E-state index contributed by atoms with van der Waals surface area (Å²) in [4.78, 5) is 15.4. The van der Waals surface area contributed by atoms with E-state index >= 15 is 0 Å². The van der Waals surface area contributed by atoms with Crippen LogP contribution in [0.2, 0.25) is 0 Å². The normalized spacial score (nSPS) is 16.7. The number of benzene rings is 1. The zero-order chi connectivity index (χ0) is 14.0. The molecule has 0 atom stereocenters. The van der Waals surface area contributed by atoms with E-state index in [2.05, 4.69) is 32.7 Å². The van der Waals surface area contributed by atoms with E-state index in [1.807, 2.05) is 13.0 Å². The molecular formula is C13H18BrN3O2. The molecule has 0 saturated carbocycles. The minimum Gasteiger partial charge on any atom is -0.362 e. The topological polar surface area (TPSA) is 49.6 Å². The first kappa shape index (κ1) is 14.3. The van der Waals surface area contributed by atoms with Crippen molar-refractivity contribution in [3.8, 4) is 0 Å². The Kier molecular flexibility index (Phi) is 4.42. The summed E-state index contributed by atoms with van der Waals surface area (Å²) >= 11 is 3.47. The fraction of sp³-hybridized carbons (Fsp3) is 0.538. The standard InChI is InChI=1S/C13H18BrN3O2/c1-3-15-4-6-16(7-5-15)13-11(14)8-10(2)9-12(13)17(18)19/h8-9H,3-7H2,1-2H3. The van der Waals surface area contributed by atoms with Crippen LogP contribution in [-0.2, 0) is 0 Å². The lowest BCUT2D eigenvalue weighted by molar-refractivity contribution is -0.384. The van der Waals surface area contributed by atoms with E-state index in [0.717, 1.165) is 42.8 Å². The fourth-order valence-corrected chi connectivity index (χ4v) is 3.27. The van der Waals surface area contributed by atoms with E-state index in [-0.39, 0.29) is 10.6 Å². The molecule has 19 heavy (non-hydrogen) atoms. The molecule has 1 aliphatic rings. The summed E-state index contributed by atoms with van der Waals surface area (Å²) in [5, 5.41) is 11.2. The molecule has 0 amide bonds. The summed E-state index contributed by atoms with van der Waals surface area (Å²) in [6.45, 7) is 8.61. The van der Waals surface area contributed by atoms with Crippen molar-refractivity contribution in [3.05, 3.63) is 32.3 Å². The van der Waals surface area contributed by atoms with Gasteiger partial charge in [0.2, 0.25) is 0 Å². The molecule has 0 spiro atoms. The third-order valence-corrected chi connectivity index (χ3v) is 4.12. The summed E-state index contributed by atoms with van der Waals surface area (Å²) in [6, 6.07) is 3.58. The number of nitro groups is 1. The minimum absolute atomic E-state index is 0.192. The largest absolute Gasteiger partial charge is 0.362 e. The van der Waals surface area contributed by atoms with Crippen LogP contribution in [0.1, 0.15) is 12.5 Å². The second-order valence-electron chi connectivity index (χ2n) is 4.79. The van der Waals surface area contributed by atoms with Crippen LogP contribution < -0.4 is 4.90 Å². The highest BCUT2D eigenvalue weighted by molar-refractivity contribution is 9.10. The molecule has 0 aromatic heterocycles. The zero-order valence-corrected chi connectivity index (χ0v) is 12.8. The van der Waals surface area contributed by atoms with Gasteiger partial charge in [-0.15, -0.1) is 0 Å². The van der Waals surface area contributed by atoms with Gasteiger partial charge in [-0.05, 0) is 41.0 Å². The highest BCUT2D eigenvalue weighted by Crippen LogP contribution is 2.37. The molecule has 6 heteroatoms. The third kappa shape index (κ3) is 3.06. The van der Waals surface area contributed by atoms with Crippen molar-refractivity contribution < 1.29 is 4.92 Å². The van der Waals surface area contributed by atoms with Crippen LogP contribution in [0, 0.1) is 17.0 Å². The Bertz CT molecular complexity index is 485. The number of likely N-dealkylation sites (N-methyl/N-ethyl adjacent to an activating group) is 1. The summed E-state index contributed by atoms with van der Waals surface area (Å²) in [7, 11) is 0. The molecule has 2 rings (SSSR count). The average molecular weight is 328 g/mol. The molecule has 0 radical (unpaired) electrons. The lowest BCUT2D eigenvalue weighted by atomic mass is 10.1. The van der Waals surface area contributed by atoms with E-state index in [9.17, 15) is 10.1 Å². The van der Waals surface area contributed by atoms with Crippen molar-refractivity contribution in [3.63, 3.8) is 0 Å². The van der Waals surface area contributed by atoms with Gasteiger partial charge >= 0.3 is 0 Å². The third-order valence-electron chi connectivity index (χ3n) is 3.52. The molecule has 1 saturated heterocycles. The van der Waals surface area contributed by atoms with Crippen molar-refractivity contribution in [2.45, 2.75) is 13.8 Å². The Morgan fingerprint density at radius 2 is 1.95 bits per heavy atom. The molecule has 104 valence electrons. The van der Waals surface area contributed by atoms with Crippen LogP contribution in [0.5, 0.6) is 0 Å². The van der Waals surface area contributed by atoms with Crippen molar-refractivity contribution in [1.29, 1.82) is 0 Å². The number of halogens is 1. The highest BCUT2D eigenvalue weighted by atomic mass is 79.9. The first-order valence-electron chi connectivity index (χ1n) is 6.44. The Morgan fingerprint density at radius 1 is 1.32 bits per heavy atom. The number of aryl methyl sites for hydroxylation is 1. The maximum atomic E-state index is 11.2. The van der Waals surface area contributed by atoms with Gasteiger partial charge in [-0.1, -0.05) is 6.92 Å². The molecule has 1 heterocycles. The van der Waals surface area contributed by atoms with Gasteiger partial charge in [0, 0.05) is 36.7 Å². The maximum absolute atomic E-state index is 11.2. The van der Waals surface area contributed by atoms with Crippen LogP contribution in [-0.4, -0.2) is 42.5 Å². The molecule has 0 N–H and O–H groups in total. The number of nitro benzene ring substituents is 1. The molecule has 1 aromatic rings. The summed E-state index contributed by atoms with van der Waals surface area (Å²) < 4.78 is 0.809. The molecule has 0 bridgehead atoms. The second-order valence-corrected chi connectivity index (χ2v) is 5.65. The van der Waals surface area contributed by atoms with Crippen LogP contribution in [0.4, 0.5) is 11.4 Å². The Labute approximate surface area is 121 Å². The predicted octanol–water partition coefficient (Wildman–Crippen LogP) is 2.81. The number of piperazine rings is 1. The van der Waals surface area contributed by atoms with Crippen LogP contribution in [0.15, 0.2) is 16.6 Å². The van der Waals surface area contributed by atoms with Gasteiger partial charge in [0.25, 0.3) is 5.69 Å². The lowest BCUT2D eigenvalue weighted by Gasteiger charge is -2.35. The minimum atomic E-state index is -0.292. The number of rotatable bonds is 3. The van der Waals surface area contributed by atoms with E-state index in [0.29, 0.717) is 5.69 Å². The first-order chi connectivity index (χ1) is 9.02. The molecule has 1 fully saturated rings. The molecule has 0 unspecified atom stereocenters. The highest BCUT2D eigenvalue weighted by Gasteiger charge is 2.25. The predicted molar refractivity (Wildman–Crippen MR) is 79.9 cm³/mol. The number of hydrogen-bond acceptors (Lipinski definition) is 4. The summed E-state index contributed by atoms with van der Waals surface area (Å²) in [5.41, 5.74) is 1.80. The molecule has 5 nitrogen and oxygen atoms in total. The van der Waals surface area contributed by atoms with Crippen LogP contribution in [0.25, 0.3) is 0 Å². The van der Waals surface area contributed by atoms with E-state index in [1.54, 1.807) is 6.07 Å². The second kappa shape index (κ2) is 5.88. The van der Waals surface area contributed by atoms with Crippen molar-refractivity contribution >= 4 is 27.3 Å². The average Bonchev–Trinajstić information content (AvgIpc) is 2.38. The zero-order valence-electron chi connectivity index (χ0n) is 11.2. The lowest BCUT2D eigenvalue weighted by Crippen LogP contribution is -2.46. The monoisotopic (exact) mass is 327 g/mol. The molecular weight excluding hydrogens is 310 g/mol. The smallest absolute Gasteiger partial charge is 0.293 e. The number of anilines is 1. The number of hydrogen-bond donors (Lipinski definition) is 0. The molecule has 1 aromatic carbocycles. The van der Waals surface area contributed by atoms with E-state index < -0.39 is 0 Å². The number of nitrogens with zero attached hydrogens (tertiary/aromatic N) is 3. The van der Waals surface area contributed by atoms with Crippen molar-refractivity contribution in [1.82, 2.24) is 4.90 Å². The van der Waals surface area contributed by atoms with Gasteiger partial charge in [-0.25, -0.2) is 0 Å². The summed E-state index contributed by atoms with van der Waals surface area (Å²) in [5.74, 6) is 0. The summed E-state index contributed by atoms with van der Waals surface area (Å²) in [6.07, 6.45) is 0. The fourth-order valence-electron chi connectivity index (χ4n) is 2.46.